The van der Waals surface area contributed by atoms with Crippen molar-refractivity contribution in [3.05, 3.63) is 35.6 Å². The van der Waals surface area contributed by atoms with Crippen molar-refractivity contribution in [2.75, 3.05) is 19.6 Å². The molecular weight excluding hydrogens is 334 g/mol. The molecule has 3 heterocycles. The number of nitrogens with zero attached hydrogens (tertiary/aromatic N) is 2. The van der Waals surface area contributed by atoms with Crippen LogP contribution in [0, 0.1) is 13.8 Å². The lowest BCUT2D eigenvalue weighted by Gasteiger charge is -2.16. The molecule has 1 aliphatic heterocycles. The maximum atomic E-state index is 12.3. The number of amides is 1. The van der Waals surface area contributed by atoms with E-state index in [1.165, 1.54) is 6.92 Å². The van der Waals surface area contributed by atoms with Crippen LogP contribution in [0.3, 0.4) is 0 Å². The van der Waals surface area contributed by atoms with E-state index in [2.05, 4.69) is 9.88 Å². The first kappa shape index (κ1) is 16.7. The number of aromatic nitrogens is 1. The second kappa shape index (κ2) is 6.40. The predicted octanol–water partition coefficient (Wildman–Crippen LogP) is 1.18. The molecule has 3 rings (SSSR count). The average Bonchev–Trinajstić information content (AvgIpc) is 3.24. The highest BCUT2D eigenvalue weighted by molar-refractivity contribution is 7.89. The average molecular weight is 353 g/mol. The summed E-state index contributed by atoms with van der Waals surface area (Å²) in [6, 6.07) is 3.70. The minimum Gasteiger partial charge on any atom is -0.469 e. The van der Waals surface area contributed by atoms with E-state index in [1.807, 2.05) is 12.1 Å². The van der Waals surface area contributed by atoms with Crippen molar-refractivity contribution in [2.45, 2.75) is 31.1 Å². The number of aryl methyl sites for hydroxylation is 2. The molecule has 1 aliphatic rings. The minimum atomic E-state index is -3.83. The molecule has 8 nitrogen and oxygen atoms in total. The highest BCUT2D eigenvalue weighted by Gasteiger charge is 2.30. The van der Waals surface area contributed by atoms with Gasteiger partial charge in [0.15, 0.2) is 5.76 Å². The van der Waals surface area contributed by atoms with Gasteiger partial charge in [0, 0.05) is 19.0 Å². The van der Waals surface area contributed by atoms with Crippen molar-refractivity contribution in [1.29, 1.82) is 0 Å². The topological polar surface area (TPSA) is 106 Å². The molecule has 1 saturated heterocycles. The molecule has 2 aromatic heterocycles. The normalized spacial score (nSPS) is 18.2. The van der Waals surface area contributed by atoms with Crippen LogP contribution in [-0.4, -0.2) is 44.0 Å². The number of hydrogen-bond acceptors (Lipinski definition) is 6. The number of furan rings is 1. The Hall–Kier alpha value is -2.13. The number of carbonyl (C=O) groups excluding carboxylic acids is 1. The molecule has 0 radical (unpaired) electrons. The molecule has 130 valence electrons. The summed E-state index contributed by atoms with van der Waals surface area (Å²) in [6.07, 6.45) is 2.41. The highest BCUT2D eigenvalue weighted by atomic mass is 32.2. The zero-order chi connectivity index (χ0) is 17.3. The summed E-state index contributed by atoms with van der Waals surface area (Å²) in [5.74, 6) is 0.940. The van der Waals surface area contributed by atoms with Crippen molar-refractivity contribution < 1.29 is 22.2 Å². The van der Waals surface area contributed by atoms with Gasteiger partial charge < -0.3 is 13.8 Å². The first-order chi connectivity index (χ1) is 11.4. The Bertz CT molecular complexity index is 806. The Kier molecular flexibility index (Phi) is 4.46. The second-order valence-electron chi connectivity index (χ2n) is 5.82. The summed E-state index contributed by atoms with van der Waals surface area (Å²) >= 11 is 0. The van der Waals surface area contributed by atoms with Crippen LogP contribution in [0.1, 0.15) is 29.6 Å². The molecule has 0 aliphatic carbocycles. The Morgan fingerprint density at radius 3 is 2.88 bits per heavy atom. The van der Waals surface area contributed by atoms with Crippen LogP contribution in [0.4, 0.5) is 0 Å². The van der Waals surface area contributed by atoms with Gasteiger partial charge in [0.2, 0.25) is 15.9 Å². The number of likely N-dealkylation sites (tertiary alicyclic amines) is 1. The van der Waals surface area contributed by atoms with E-state index in [1.54, 1.807) is 18.1 Å². The number of hydrogen-bond donors (Lipinski definition) is 1. The fourth-order valence-corrected chi connectivity index (χ4v) is 4.24. The summed E-state index contributed by atoms with van der Waals surface area (Å²) in [7, 11) is -3.83. The molecule has 9 heteroatoms. The molecule has 24 heavy (non-hydrogen) atoms. The number of rotatable bonds is 5. The Morgan fingerprint density at radius 1 is 1.46 bits per heavy atom. The van der Waals surface area contributed by atoms with Crippen LogP contribution in [0.15, 0.2) is 32.2 Å². The van der Waals surface area contributed by atoms with Crippen molar-refractivity contribution in [2.24, 2.45) is 0 Å². The standard InChI is InChI=1S/C15H19N3O5S/c1-10-15(11(2)23-17-10)24(20,21)16-8-14(19)18-6-5-12(9-18)13-4-3-7-22-13/h3-4,7,12,16H,5-6,8-9H2,1-2H3. The molecular formula is C15H19N3O5S. The molecule has 1 amide bonds. The SMILES string of the molecule is Cc1noc(C)c1S(=O)(=O)NCC(=O)N1CCC(c2ccco2)C1. The first-order valence-corrected chi connectivity index (χ1v) is 9.10. The van der Waals surface area contributed by atoms with Gasteiger partial charge in [-0.15, -0.1) is 0 Å². The van der Waals surface area contributed by atoms with Gasteiger partial charge in [0.25, 0.3) is 0 Å². The van der Waals surface area contributed by atoms with Crippen molar-refractivity contribution in [3.63, 3.8) is 0 Å². The van der Waals surface area contributed by atoms with Gasteiger partial charge in [0.05, 0.1) is 12.8 Å². The van der Waals surface area contributed by atoms with E-state index in [4.69, 9.17) is 8.94 Å². The zero-order valence-corrected chi connectivity index (χ0v) is 14.3. The van der Waals surface area contributed by atoms with Crippen LogP contribution in [0.5, 0.6) is 0 Å². The van der Waals surface area contributed by atoms with E-state index >= 15 is 0 Å². The number of carbonyl (C=O) groups is 1. The van der Waals surface area contributed by atoms with E-state index < -0.39 is 10.0 Å². The largest absolute Gasteiger partial charge is 0.469 e. The van der Waals surface area contributed by atoms with Crippen molar-refractivity contribution in [1.82, 2.24) is 14.8 Å². The monoisotopic (exact) mass is 353 g/mol. The lowest BCUT2D eigenvalue weighted by Crippen LogP contribution is -2.39. The molecule has 1 unspecified atom stereocenters. The highest BCUT2D eigenvalue weighted by Crippen LogP contribution is 2.27. The molecule has 1 fully saturated rings. The minimum absolute atomic E-state index is 0.00909. The van der Waals surface area contributed by atoms with Crippen LogP contribution in [-0.2, 0) is 14.8 Å². The zero-order valence-electron chi connectivity index (χ0n) is 13.5. The first-order valence-electron chi connectivity index (χ1n) is 7.62. The number of sulfonamides is 1. The molecule has 0 spiro atoms. The summed E-state index contributed by atoms with van der Waals surface area (Å²) in [5, 5.41) is 3.63. The maximum absolute atomic E-state index is 12.3. The molecule has 0 saturated carbocycles. The van der Waals surface area contributed by atoms with Crippen LogP contribution in [0.2, 0.25) is 0 Å². The van der Waals surface area contributed by atoms with Gasteiger partial charge >= 0.3 is 0 Å². The third-order valence-electron chi connectivity index (χ3n) is 4.14. The van der Waals surface area contributed by atoms with Gasteiger partial charge in [-0.2, -0.15) is 0 Å². The van der Waals surface area contributed by atoms with Crippen LogP contribution < -0.4 is 4.72 Å². The third-order valence-corrected chi connectivity index (χ3v) is 5.78. The number of nitrogens with one attached hydrogen (secondary N) is 1. The van der Waals surface area contributed by atoms with Crippen LogP contribution in [0.25, 0.3) is 0 Å². The smallest absolute Gasteiger partial charge is 0.246 e. The van der Waals surface area contributed by atoms with Crippen LogP contribution >= 0.6 is 0 Å². The molecule has 0 aromatic carbocycles. The van der Waals surface area contributed by atoms with E-state index in [9.17, 15) is 13.2 Å². The van der Waals surface area contributed by atoms with Crippen molar-refractivity contribution >= 4 is 15.9 Å². The summed E-state index contributed by atoms with van der Waals surface area (Å²) in [4.78, 5) is 13.9. The summed E-state index contributed by atoms with van der Waals surface area (Å²) in [5.41, 5.74) is 0.270. The fourth-order valence-electron chi connectivity index (χ4n) is 2.94. The van der Waals surface area contributed by atoms with Gasteiger partial charge in [0.1, 0.15) is 16.3 Å². The van der Waals surface area contributed by atoms with Gasteiger partial charge in [-0.3, -0.25) is 4.79 Å². The summed E-state index contributed by atoms with van der Waals surface area (Å²) < 4.78 is 37.2. The quantitative estimate of drug-likeness (QED) is 0.865. The molecule has 0 bridgehead atoms. The van der Waals surface area contributed by atoms with E-state index in [0.717, 1.165) is 12.2 Å². The second-order valence-corrected chi connectivity index (χ2v) is 7.52. The Morgan fingerprint density at radius 2 is 2.25 bits per heavy atom. The molecule has 1 atom stereocenters. The van der Waals surface area contributed by atoms with Gasteiger partial charge in [-0.1, -0.05) is 5.16 Å². The van der Waals surface area contributed by atoms with Gasteiger partial charge in [-0.05, 0) is 32.4 Å². The molecule has 1 N–H and O–H groups in total. The lowest BCUT2D eigenvalue weighted by atomic mass is 10.1. The molecule has 2 aromatic rings. The third kappa shape index (κ3) is 3.22. The van der Waals surface area contributed by atoms with Gasteiger partial charge in [-0.25, -0.2) is 13.1 Å². The Labute approximate surface area is 139 Å². The van der Waals surface area contributed by atoms with E-state index in [0.29, 0.717) is 13.1 Å². The lowest BCUT2D eigenvalue weighted by molar-refractivity contribution is -0.128. The summed E-state index contributed by atoms with van der Waals surface area (Å²) in [6.45, 7) is 3.88. The predicted molar refractivity (Wildman–Crippen MR) is 83.8 cm³/mol. The van der Waals surface area contributed by atoms with E-state index in [-0.39, 0.29) is 34.7 Å². The van der Waals surface area contributed by atoms with Crippen molar-refractivity contribution in [3.8, 4) is 0 Å². The fraction of sp³-hybridized carbons (Fsp3) is 0.467. The Balaban J connectivity index is 1.60. The maximum Gasteiger partial charge on any atom is 0.246 e.